The van der Waals surface area contributed by atoms with Crippen LogP contribution >= 0.6 is 7.60 Å². The van der Waals surface area contributed by atoms with Crippen LogP contribution in [0.4, 0.5) is 5.95 Å². The van der Waals surface area contributed by atoms with Crippen molar-refractivity contribution >= 4 is 19.2 Å². The van der Waals surface area contributed by atoms with E-state index in [1.54, 1.807) is 6.20 Å². The van der Waals surface area contributed by atoms with Crippen LogP contribution in [0.5, 0.6) is 0 Å². The molecule has 2 aromatic heterocycles. The summed E-state index contributed by atoms with van der Waals surface area (Å²) in [4.78, 5) is 21.3. The maximum absolute atomic E-state index is 10.8. The molecule has 0 bridgehead atoms. The van der Waals surface area contributed by atoms with Gasteiger partial charge in [0.05, 0.1) is 12.8 Å². The molecule has 0 aliphatic rings. The number of hydrogen-bond acceptors (Lipinski definition) is 7. The molecule has 0 saturated heterocycles. The van der Waals surface area contributed by atoms with Gasteiger partial charge in [0.15, 0.2) is 5.65 Å². The van der Waals surface area contributed by atoms with E-state index in [1.807, 2.05) is 0 Å². The monoisotopic (exact) mass is 273 g/mol. The molecule has 0 aliphatic heterocycles. The molecule has 9 nitrogen and oxygen atoms in total. The van der Waals surface area contributed by atoms with E-state index in [0.29, 0.717) is 12.1 Å². The molecule has 1 atom stereocenters. The Labute approximate surface area is 102 Å². The Morgan fingerprint density at radius 3 is 3.06 bits per heavy atom. The minimum absolute atomic E-state index is 0.101. The highest BCUT2D eigenvalue weighted by Gasteiger charge is 2.12. The molecule has 0 amide bonds. The summed E-state index contributed by atoms with van der Waals surface area (Å²) in [6.07, 6.45) is 3.33. The average Bonchev–Trinajstić information content (AvgIpc) is 2.68. The highest BCUT2D eigenvalue weighted by atomic mass is 31.2. The Balaban J connectivity index is 2.00. The van der Waals surface area contributed by atoms with Crippen molar-refractivity contribution in [3.8, 4) is 0 Å². The molecule has 98 valence electrons. The van der Waals surface area contributed by atoms with E-state index in [4.69, 9.17) is 10.6 Å². The summed E-state index contributed by atoms with van der Waals surface area (Å²) in [5, 5.41) is 4.01. The molecule has 3 N–H and O–H groups in total. The van der Waals surface area contributed by atoms with Gasteiger partial charge in [-0.2, -0.15) is 9.61 Å². The third kappa shape index (κ3) is 3.02. The van der Waals surface area contributed by atoms with E-state index < -0.39 is 7.60 Å². The molecule has 1 unspecified atom stereocenters. The number of rotatable bonds is 5. The summed E-state index contributed by atoms with van der Waals surface area (Å²) < 4.78 is 16.5. The van der Waals surface area contributed by atoms with Crippen molar-refractivity contribution in [2.24, 2.45) is 0 Å². The van der Waals surface area contributed by atoms with Gasteiger partial charge in [-0.25, -0.2) is 14.9 Å². The molecule has 0 spiro atoms. The van der Waals surface area contributed by atoms with E-state index in [1.165, 1.54) is 10.8 Å². The Hall–Kier alpha value is -1.54. The standard InChI is InChI=1S/C8H12N5O4P/c1-18(14,15)17-16-3-2-6-4-12-13-7(6)10-5-11-8(13)9/h4-5H,2-3H2,1H3,(H,14,15)(H2,9,10,11). The lowest BCUT2D eigenvalue weighted by Gasteiger charge is -2.05. The molecule has 0 aliphatic carbocycles. The molecule has 2 aromatic rings. The number of nitrogen functional groups attached to an aromatic ring is 1. The fourth-order valence-corrected chi connectivity index (χ4v) is 1.61. The van der Waals surface area contributed by atoms with Crippen molar-refractivity contribution < 1.29 is 19.0 Å². The Bertz CT molecular complexity index is 594. The van der Waals surface area contributed by atoms with Crippen LogP contribution in [0.1, 0.15) is 5.56 Å². The molecule has 10 heteroatoms. The minimum Gasteiger partial charge on any atom is -0.368 e. The fourth-order valence-electron chi connectivity index (χ4n) is 1.34. The number of anilines is 1. The lowest BCUT2D eigenvalue weighted by molar-refractivity contribution is -0.211. The van der Waals surface area contributed by atoms with Crippen molar-refractivity contribution in [1.29, 1.82) is 0 Å². The van der Waals surface area contributed by atoms with Crippen LogP contribution in [0.2, 0.25) is 0 Å². The van der Waals surface area contributed by atoms with Gasteiger partial charge in [-0.15, -0.1) is 4.67 Å². The third-order valence-electron chi connectivity index (χ3n) is 2.05. The molecule has 2 heterocycles. The highest BCUT2D eigenvalue weighted by Crippen LogP contribution is 2.36. The molecular weight excluding hydrogens is 261 g/mol. The van der Waals surface area contributed by atoms with Gasteiger partial charge in [0.2, 0.25) is 5.95 Å². The van der Waals surface area contributed by atoms with Crippen LogP contribution in [0.25, 0.3) is 5.65 Å². The number of hydrogen-bond donors (Lipinski definition) is 2. The van der Waals surface area contributed by atoms with Gasteiger partial charge < -0.3 is 10.6 Å². The minimum atomic E-state index is -3.62. The van der Waals surface area contributed by atoms with Gasteiger partial charge in [0.25, 0.3) is 0 Å². The zero-order chi connectivity index (χ0) is 13.2. The first kappa shape index (κ1) is 12.9. The predicted octanol–water partition coefficient (Wildman–Crippen LogP) is 0.0124. The molecule has 0 saturated carbocycles. The van der Waals surface area contributed by atoms with Crippen molar-refractivity contribution in [2.75, 3.05) is 19.0 Å². The van der Waals surface area contributed by atoms with Crippen molar-refractivity contribution in [1.82, 2.24) is 19.6 Å². The number of aromatic nitrogens is 4. The number of nitrogens with two attached hydrogens (primary N) is 1. The summed E-state index contributed by atoms with van der Waals surface area (Å²) in [7, 11) is -3.62. The second kappa shape index (κ2) is 4.99. The first-order valence-electron chi connectivity index (χ1n) is 5.02. The van der Waals surface area contributed by atoms with Crippen LogP contribution in [0.15, 0.2) is 12.5 Å². The second-order valence-corrected chi connectivity index (χ2v) is 5.34. The van der Waals surface area contributed by atoms with Gasteiger partial charge in [0.1, 0.15) is 6.33 Å². The fraction of sp³-hybridized carbons (Fsp3) is 0.375. The quantitative estimate of drug-likeness (QED) is 0.338. The maximum Gasteiger partial charge on any atom is 0.352 e. The van der Waals surface area contributed by atoms with Crippen molar-refractivity contribution in [3.63, 3.8) is 0 Å². The molecular formula is C8H12N5O4P. The lowest BCUT2D eigenvalue weighted by Crippen LogP contribution is -2.03. The van der Waals surface area contributed by atoms with Crippen LogP contribution in [0.3, 0.4) is 0 Å². The molecule has 0 fully saturated rings. The molecule has 2 rings (SSSR count). The molecule has 0 aromatic carbocycles. The van der Waals surface area contributed by atoms with Gasteiger partial charge in [-0.1, -0.05) is 0 Å². The van der Waals surface area contributed by atoms with Gasteiger partial charge >= 0.3 is 7.60 Å². The topological polar surface area (TPSA) is 125 Å². The zero-order valence-electron chi connectivity index (χ0n) is 9.55. The number of nitrogens with zero attached hydrogens (tertiary/aromatic N) is 4. The smallest absolute Gasteiger partial charge is 0.352 e. The van der Waals surface area contributed by atoms with E-state index in [2.05, 4.69) is 24.6 Å². The van der Waals surface area contributed by atoms with Crippen molar-refractivity contribution in [2.45, 2.75) is 6.42 Å². The largest absolute Gasteiger partial charge is 0.368 e. The van der Waals surface area contributed by atoms with Crippen LogP contribution in [0, 0.1) is 0 Å². The van der Waals surface area contributed by atoms with Crippen LogP contribution in [-0.2, 0) is 20.5 Å². The Morgan fingerprint density at radius 2 is 2.33 bits per heavy atom. The summed E-state index contributed by atoms with van der Waals surface area (Å²) >= 11 is 0. The summed E-state index contributed by atoms with van der Waals surface area (Å²) in [5.74, 6) is 0.233. The van der Waals surface area contributed by atoms with E-state index in [0.717, 1.165) is 12.2 Å². The predicted molar refractivity (Wildman–Crippen MR) is 61.7 cm³/mol. The SMILES string of the molecule is CP(=O)(O)OOCCc1cnn2c(N)ncnc12. The normalized spacial score (nSPS) is 14.8. The highest BCUT2D eigenvalue weighted by molar-refractivity contribution is 7.51. The van der Waals surface area contributed by atoms with Crippen molar-refractivity contribution in [3.05, 3.63) is 18.1 Å². The number of fused-ring (bicyclic) bond motifs is 1. The van der Waals surface area contributed by atoms with E-state index in [-0.39, 0.29) is 12.6 Å². The molecule has 18 heavy (non-hydrogen) atoms. The lowest BCUT2D eigenvalue weighted by atomic mass is 10.2. The second-order valence-electron chi connectivity index (χ2n) is 3.59. The first-order chi connectivity index (χ1) is 8.47. The maximum atomic E-state index is 10.8. The molecule has 0 radical (unpaired) electrons. The summed E-state index contributed by atoms with van der Waals surface area (Å²) in [5.41, 5.74) is 6.94. The van der Waals surface area contributed by atoms with Gasteiger partial charge in [-0.3, -0.25) is 4.57 Å². The van der Waals surface area contributed by atoms with Crippen LogP contribution < -0.4 is 5.73 Å². The Morgan fingerprint density at radius 1 is 1.56 bits per heavy atom. The van der Waals surface area contributed by atoms with Gasteiger partial charge in [-0.05, 0) is 0 Å². The first-order valence-corrected chi connectivity index (χ1v) is 7.04. The summed E-state index contributed by atoms with van der Waals surface area (Å²) in [6, 6.07) is 0. The zero-order valence-corrected chi connectivity index (χ0v) is 10.4. The Kier molecular flexibility index (Phi) is 3.58. The van der Waals surface area contributed by atoms with E-state index in [9.17, 15) is 4.57 Å². The third-order valence-corrected chi connectivity index (χ3v) is 2.43. The van der Waals surface area contributed by atoms with Gasteiger partial charge in [0, 0.05) is 18.6 Å². The average molecular weight is 273 g/mol. The van der Waals surface area contributed by atoms with E-state index >= 15 is 0 Å². The van der Waals surface area contributed by atoms with Crippen LogP contribution in [-0.4, -0.2) is 37.7 Å². The summed E-state index contributed by atoms with van der Waals surface area (Å²) in [6.45, 7) is 1.14.